The molecular formula is C14H15FN2O4S. The summed E-state index contributed by atoms with van der Waals surface area (Å²) in [7, 11) is -3.73. The zero-order valence-electron chi connectivity index (χ0n) is 12.0. The van der Waals surface area contributed by atoms with Gasteiger partial charge in [0.2, 0.25) is 5.91 Å². The zero-order valence-corrected chi connectivity index (χ0v) is 12.9. The Balaban J connectivity index is 2.06. The highest BCUT2D eigenvalue weighted by molar-refractivity contribution is 7.92. The largest absolute Gasteiger partial charge is 0.360 e. The molecule has 0 radical (unpaired) electrons. The van der Waals surface area contributed by atoms with Gasteiger partial charge >= 0.3 is 0 Å². The number of hydrogen-bond acceptors (Lipinski definition) is 5. The number of carbonyl (C=O) groups is 1. The van der Waals surface area contributed by atoms with Crippen molar-refractivity contribution in [2.45, 2.75) is 19.1 Å². The molecule has 1 N–H and O–H groups in total. The second-order valence-corrected chi connectivity index (χ2v) is 7.19. The van der Waals surface area contributed by atoms with Crippen molar-refractivity contribution in [3.63, 3.8) is 0 Å². The molecule has 1 aromatic carbocycles. The highest BCUT2D eigenvalue weighted by Crippen LogP contribution is 2.23. The van der Waals surface area contributed by atoms with Gasteiger partial charge in [0.15, 0.2) is 15.7 Å². The fourth-order valence-electron chi connectivity index (χ4n) is 1.85. The van der Waals surface area contributed by atoms with Crippen molar-refractivity contribution in [3.05, 3.63) is 47.5 Å². The highest BCUT2D eigenvalue weighted by atomic mass is 32.2. The second-order valence-electron chi connectivity index (χ2n) is 4.87. The van der Waals surface area contributed by atoms with Gasteiger partial charge in [0.1, 0.15) is 17.3 Å². The summed E-state index contributed by atoms with van der Waals surface area (Å²) >= 11 is 0. The molecule has 0 bridgehead atoms. The minimum atomic E-state index is -3.73. The number of benzene rings is 1. The van der Waals surface area contributed by atoms with E-state index < -0.39 is 32.6 Å². The Morgan fingerprint density at radius 1 is 1.36 bits per heavy atom. The van der Waals surface area contributed by atoms with Gasteiger partial charge in [-0.3, -0.25) is 4.79 Å². The van der Waals surface area contributed by atoms with Crippen LogP contribution in [0.4, 0.5) is 10.2 Å². The minimum Gasteiger partial charge on any atom is -0.360 e. The lowest BCUT2D eigenvalue weighted by atomic mass is 10.2. The van der Waals surface area contributed by atoms with Gasteiger partial charge in [0.25, 0.3) is 0 Å². The van der Waals surface area contributed by atoms with Crippen molar-refractivity contribution < 1.29 is 22.1 Å². The van der Waals surface area contributed by atoms with Gasteiger partial charge in [-0.15, -0.1) is 0 Å². The molecule has 1 aromatic heterocycles. The Labute approximate surface area is 127 Å². The maximum absolute atomic E-state index is 12.9. The van der Waals surface area contributed by atoms with Crippen LogP contribution in [0.5, 0.6) is 0 Å². The first kappa shape index (κ1) is 16.2. The van der Waals surface area contributed by atoms with Crippen LogP contribution in [-0.2, 0) is 14.6 Å². The van der Waals surface area contributed by atoms with Crippen LogP contribution in [0.3, 0.4) is 0 Å². The van der Waals surface area contributed by atoms with E-state index in [-0.39, 0.29) is 5.82 Å². The molecule has 0 fully saturated rings. The number of rotatable bonds is 5. The van der Waals surface area contributed by atoms with E-state index >= 15 is 0 Å². The second kappa shape index (κ2) is 6.27. The van der Waals surface area contributed by atoms with E-state index in [1.165, 1.54) is 37.3 Å². The predicted molar refractivity (Wildman–Crippen MR) is 78.5 cm³/mol. The smallest absolute Gasteiger partial charge is 0.240 e. The summed E-state index contributed by atoms with van der Waals surface area (Å²) in [5.41, 5.74) is 0.423. The summed E-state index contributed by atoms with van der Waals surface area (Å²) in [6, 6.07) is 6.61. The number of nitrogens with one attached hydrogen (secondary N) is 1. The summed E-state index contributed by atoms with van der Waals surface area (Å²) < 4.78 is 42.1. The van der Waals surface area contributed by atoms with Gasteiger partial charge < -0.3 is 9.84 Å². The monoisotopic (exact) mass is 326 g/mol. The third kappa shape index (κ3) is 3.91. The third-order valence-corrected chi connectivity index (χ3v) is 5.12. The van der Waals surface area contributed by atoms with Crippen LogP contribution in [0.1, 0.15) is 23.5 Å². The van der Waals surface area contributed by atoms with Crippen LogP contribution in [0.15, 0.2) is 34.9 Å². The van der Waals surface area contributed by atoms with Gasteiger partial charge in [-0.25, -0.2) is 12.8 Å². The Bertz CT molecular complexity index is 768. The molecule has 0 spiro atoms. The molecule has 6 nitrogen and oxygen atoms in total. The lowest BCUT2D eigenvalue weighted by molar-refractivity contribution is -0.113. The summed E-state index contributed by atoms with van der Waals surface area (Å²) in [5.74, 6) is -1.20. The molecule has 2 rings (SSSR count). The molecule has 118 valence electrons. The molecule has 0 saturated heterocycles. The van der Waals surface area contributed by atoms with E-state index in [2.05, 4.69) is 10.5 Å². The van der Waals surface area contributed by atoms with Crippen LogP contribution in [0.2, 0.25) is 0 Å². The van der Waals surface area contributed by atoms with E-state index in [0.29, 0.717) is 11.3 Å². The first-order chi connectivity index (χ1) is 10.3. The van der Waals surface area contributed by atoms with Crippen molar-refractivity contribution in [1.29, 1.82) is 0 Å². The molecule has 1 atom stereocenters. The summed E-state index contributed by atoms with van der Waals surface area (Å²) in [5, 5.41) is 4.99. The van der Waals surface area contributed by atoms with E-state index in [1.54, 1.807) is 6.92 Å². The minimum absolute atomic E-state index is 0.159. The van der Waals surface area contributed by atoms with E-state index in [4.69, 9.17) is 4.52 Å². The van der Waals surface area contributed by atoms with E-state index in [9.17, 15) is 17.6 Å². The Kier molecular flexibility index (Phi) is 4.60. The van der Waals surface area contributed by atoms with Crippen LogP contribution in [0.25, 0.3) is 0 Å². The lowest BCUT2D eigenvalue weighted by Crippen LogP contribution is -2.26. The van der Waals surface area contributed by atoms with Gasteiger partial charge in [-0.1, -0.05) is 17.3 Å². The van der Waals surface area contributed by atoms with Gasteiger partial charge in [-0.05, 0) is 31.5 Å². The number of aryl methyl sites for hydroxylation is 1. The average Bonchev–Trinajstić information content (AvgIpc) is 2.83. The quantitative estimate of drug-likeness (QED) is 0.910. The number of nitrogens with zero attached hydrogens (tertiary/aromatic N) is 1. The summed E-state index contributed by atoms with van der Waals surface area (Å²) in [6.45, 7) is 3.10. The summed E-state index contributed by atoms with van der Waals surface area (Å²) in [6.07, 6.45) is 0. The van der Waals surface area contributed by atoms with Crippen molar-refractivity contribution in [3.8, 4) is 0 Å². The Morgan fingerprint density at radius 3 is 2.55 bits per heavy atom. The summed E-state index contributed by atoms with van der Waals surface area (Å²) in [4.78, 5) is 11.8. The number of sulfone groups is 1. The van der Waals surface area contributed by atoms with Crippen LogP contribution < -0.4 is 5.32 Å². The zero-order chi connectivity index (χ0) is 16.3. The van der Waals surface area contributed by atoms with Gasteiger partial charge in [0.05, 0.1) is 5.25 Å². The SMILES string of the molecule is Cc1cc(NC(=O)CS(=O)(=O)[C@H](C)c2ccc(F)cc2)no1. The molecular weight excluding hydrogens is 311 g/mol. The van der Waals surface area contributed by atoms with Crippen LogP contribution >= 0.6 is 0 Å². The first-order valence-electron chi connectivity index (χ1n) is 6.48. The topological polar surface area (TPSA) is 89.3 Å². The van der Waals surface area contributed by atoms with Gasteiger partial charge in [0, 0.05) is 6.07 Å². The number of aromatic nitrogens is 1. The molecule has 2 aromatic rings. The normalized spacial score (nSPS) is 12.9. The predicted octanol–water partition coefficient (Wildman–Crippen LogP) is 2.24. The maximum atomic E-state index is 12.9. The number of carbonyl (C=O) groups excluding carboxylic acids is 1. The van der Waals surface area contributed by atoms with Crippen molar-refractivity contribution in [2.75, 3.05) is 11.1 Å². The standard InChI is InChI=1S/C14H15FN2O4S/c1-9-7-13(17-21-9)16-14(18)8-22(19,20)10(2)11-3-5-12(15)6-4-11/h3-7,10H,8H2,1-2H3,(H,16,17,18)/t10-/m1/s1. The average molecular weight is 326 g/mol. The molecule has 0 unspecified atom stereocenters. The number of halogens is 1. The number of hydrogen-bond donors (Lipinski definition) is 1. The van der Waals surface area contributed by atoms with E-state index in [0.717, 1.165) is 0 Å². The lowest BCUT2D eigenvalue weighted by Gasteiger charge is -2.12. The molecule has 8 heteroatoms. The molecule has 0 aliphatic rings. The van der Waals surface area contributed by atoms with E-state index in [1.807, 2.05) is 0 Å². The number of amides is 1. The molecule has 22 heavy (non-hydrogen) atoms. The van der Waals surface area contributed by atoms with Crippen molar-refractivity contribution in [1.82, 2.24) is 5.16 Å². The van der Waals surface area contributed by atoms with Crippen LogP contribution in [-0.4, -0.2) is 25.2 Å². The molecule has 1 heterocycles. The fraction of sp³-hybridized carbons (Fsp3) is 0.286. The Morgan fingerprint density at radius 2 is 2.00 bits per heavy atom. The first-order valence-corrected chi connectivity index (χ1v) is 8.19. The maximum Gasteiger partial charge on any atom is 0.240 e. The van der Waals surface area contributed by atoms with Crippen LogP contribution in [0, 0.1) is 12.7 Å². The third-order valence-electron chi connectivity index (χ3n) is 3.11. The fourth-order valence-corrected chi connectivity index (χ4v) is 3.11. The molecule has 0 aliphatic heterocycles. The highest BCUT2D eigenvalue weighted by Gasteiger charge is 2.26. The Hall–Kier alpha value is -2.22. The molecule has 0 saturated carbocycles. The van der Waals surface area contributed by atoms with Crippen molar-refractivity contribution in [2.24, 2.45) is 0 Å². The number of anilines is 1. The molecule has 0 aliphatic carbocycles. The molecule has 1 amide bonds. The van der Waals surface area contributed by atoms with Gasteiger partial charge in [-0.2, -0.15) is 0 Å². The van der Waals surface area contributed by atoms with Crippen molar-refractivity contribution >= 4 is 21.6 Å².